The molecule has 0 heterocycles. The van der Waals surface area contributed by atoms with Gasteiger partial charge in [-0.25, -0.2) is 0 Å². The topological polar surface area (TPSA) is 12.0 Å². The average molecular weight is 185 g/mol. The third kappa shape index (κ3) is 7.06. The number of unbranched alkanes of at least 4 members (excludes halogenated alkanes) is 1. The molecule has 0 saturated carbocycles. The lowest BCUT2D eigenvalue weighted by Crippen LogP contribution is -2.30. The van der Waals surface area contributed by atoms with Gasteiger partial charge < -0.3 is 5.32 Å². The highest BCUT2D eigenvalue weighted by atomic mass is 14.9. The Hall–Kier alpha value is -0.0400. The molecule has 0 aliphatic carbocycles. The lowest BCUT2D eigenvalue weighted by Gasteiger charge is -2.20. The molecule has 0 spiro atoms. The minimum atomic E-state index is 0.715. The molecule has 0 bridgehead atoms. The van der Waals surface area contributed by atoms with E-state index < -0.39 is 0 Å². The largest absolute Gasteiger partial charge is 0.317 e. The highest BCUT2D eigenvalue weighted by Crippen LogP contribution is 2.13. The van der Waals surface area contributed by atoms with E-state index in [9.17, 15) is 0 Å². The van der Waals surface area contributed by atoms with Crippen LogP contribution in [0, 0.1) is 11.8 Å². The van der Waals surface area contributed by atoms with Crippen LogP contribution in [-0.2, 0) is 0 Å². The highest BCUT2D eigenvalue weighted by molar-refractivity contribution is 4.68. The van der Waals surface area contributed by atoms with Gasteiger partial charge in [-0.2, -0.15) is 0 Å². The monoisotopic (exact) mass is 185 g/mol. The van der Waals surface area contributed by atoms with Gasteiger partial charge in [0, 0.05) is 6.04 Å². The van der Waals surface area contributed by atoms with Crippen LogP contribution in [0.1, 0.15) is 53.4 Å². The molecule has 0 aromatic heterocycles. The first-order valence-electron chi connectivity index (χ1n) is 5.75. The molecule has 0 aliphatic rings. The molecule has 0 aromatic carbocycles. The molecule has 0 fully saturated rings. The standard InChI is InChI=1S/C12H27N/c1-10(2)8-6-7-9-12(13-5)11(3)4/h10-13H,6-9H2,1-5H3. The SMILES string of the molecule is CNC(CCCCC(C)C)C(C)C. The quantitative estimate of drug-likeness (QED) is 0.599. The van der Waals surface area contributed by atoms with E-state index in [1.807, 2.05) is 0 Å². The van der Waals surface area contributed by atoms with Gasteiger partial charge in [-0.3, -0.25) is 0 Å². The van der Waals surface area contributed by atoms with Gasteiger partial charge in [0.1, 0.15) is 0 Å². The smallest absolute Gasteiger partial charge is 0.00870 e. The van der Waals surface area contributed by atoms with Gasteiger partial charge in [-0.05, 0) is 25.3 Å². The van der Waals surface area contributed by atoms with Gasteiger partial charge in [0.25, 0.3) is 0 Å². The molecular weight excluding hydrogens is 158 g/mol. The molecular formula is C12H27N. The van der Waals surface area contributed by atoms with Gasteiger partial charge >= 0.3 is 0 Å². The van der Waals surface area contributed by atoms with Crippen molar-refractivity contribution >= 4 is 0 Å². The Morgan fingerprint density at radius 3 is 1.85 bits per heavy atom. The van der Waals surface area contributed by atoms with Crippen molar-refractivity contribution in [3.63, 3.8) is 0 Å². The van der Waals surface area contributed by atoms with Crippen molar-refractivity contribution < 1.29 is 0 Å². The Labute approximate surface area is 84.3 Å². The first kappa shape index (κ1) is 13.0. The molecule has 1 atom stereocenters. The Bertz CT molecular complexity index is 108. The second-order valence-corrected chi connectivity index (χ2v) is 4.82. The van der Waals surface area contributed by atoms with Crippen LogP contribution in [0.15, 0.2) is 0 Å². The molecule has 1 N–H and O–H groups in total. The molecule has 80 valence electrons. The second kappa shape index (κ2) is 7.37. The lowest BCUT2D eigenvalue weighted by molar-refractivity contribution is 0.381. The summed E-state index contributed by atoms with van der Waals surface area (Å²) in [6.07, 6.45) is 5.49. The van der Waals surface area contributed by atoms with Crippen LogP contribution >= 0.6 is 0 Å². The zero-order valence-electron chi connectivity index (χ0n) is 10.1. The Morgan fingerprint density at radius 2 is 1.46 bits per heavy atom. The summed E-state index contributed by atoms with van der Waals surface area (Å²) in [6.45, 7) is 9.20. The van der Waals surface area contributed by atoms with E-state index in [0.29, 0.717) is 6.04 Å². The Balaban J connectivity index is 3.39. The summed E-state index contributed by atoms with van der Waals surface area (Å²) in [7, 11) is 2.08. The van der Waals surface area contributed by atoms with Crippen LogP contribution in [0.3, 0.4) is 0 Å². The van der Waals surface area contributed by atoms with Gasteiger partial charge in [0.2, 0.25) is 0 Å². The molecule has 0 amide bonds. The van der Waals surface area contributed by atoms with Crippen LogP contribution in [0.2, 0.25) is 0 Å². The summed E-state index contributed by atoms with van der Waals surface area (Å²) in [6, 6.07) is 0.715. The van der Waals surface area contributed by atoms with Crippen molar-refractivity contribution in [1.29, 1.82) is 0 Å². The average Bonchev–Trinajstić information content (AvgIpc) is 2.03. The van der Waals surface area contributed by atoms with E-state index in [4.69, 9.17) is 0 Å². The van der Waals surface area contributed by atoms with Gasteiger partial charge in [-0.15, -0.1) is 0 Å². The number of nitrogens with one attached hydrogen (secondary N) is 1. The van der Waals surface area contributed by atoms with Crippen LogP contribution in [0.25, 0.3) is 0 Å². The Kier molecular flexibility index (Phi) is 7.35. The third-order valence-electron chi connectivity index (χ3n) is 2.72. The fourth-order valence-corrected chi connectivity index (χ4v) is 1.73. The summed E-state index contributed by atoms with van der Waals surface area (Å²) in [5, 5.41) is 3.39. The van der Waals surface area contributed by atoms with Crippen molar-refractivity contribution in [1.82, 2.24) is 5.32 Å². The molecule has 1 unspecified atom stereocenters. The number of hydrogen-bond acceptors (Lipinski definition) is 1. The number of hydrogen-bond donors (Lipinski definition) is 1. The fourth-order valence-electron chi connectivity index (χ4n) is 1.73. The lowest BCUT2D eigenvalue weighted by atomic mass is 9.96. The van der Waals surface area contributed by atoms with Crippen molar-refractivity contribution in [3.8, 4) is 0 Å². The van der Waals surface area contributed by atoms with Crippen molar-refractivity contribution in [3.05, 3.63) is 0 Å². The van der Waals surface area contributed by atoms with Crippen LogP contribution in [0.5, 0.6) is 0 Å². The van der Waals surface area contributed by atoms with E-state index in [1.165, 1.54) is 25.7 Å². The Morgan fingerprint density at radius 1 is 0.923 bits per heavy atom. The predicted molar refractivity (Wildman–Crippen MR) is 61.0 cm³/mol. The third-order valence-corrected chi connectivity index (χ3v) is 2.72. The number of rotatable bonds is 7. The molecule has 1 heteroatoms. The normalized spacial score (nSPS) is 14.1. The zero-order chi connectivity index (χ0) is 10.3. The van der Waals surface area contributed by atoms with Crippen molar-refractivity contribution in [2.24, 2.45) is 11.8 Å². The van der Waals surface area contributed by atoms with Gasteiger partial charge in [0.05, 0.1) is 0 Å². The first-order valence-corrected chi connectivity index (χ1v) is 5.75. The minimum Gasteiger partial charge on any atom is -0.317 e. The highest BCUT2D eigenvalue weighted by Gasteiger charge is 2.09. The molecule has 1 nitrogen and oxygen atoms in total. The predicted octanol–water partition coefficient (Wildman–Crippen LogP) is 3.45. The van der Waals surface area contributed by atoms with E-state index in [1.54, 1.807) is 0 Å². The second-order valence-electron chi connectivity index (χ2n) is 4.82. The van der Waals surface area contributed by atoms with Crippen molar-refractivity contribution in [2.75, 3.05) is 7.05 Å². The summed E-state index contributed by atoms with van der Waals surface area (Å²) >= 11 is 0. The van der Waals surface area contributed by atoms with Crippen LogP contribution in [-0.4, -0.2) is 13.1 Å². The summed E-state index contributed by atoms with van der Waals surface area (Å²) in [4.78, 5) is 0. The summed E-state index contributed by atoms with van der Waals surface area (Å²) in [5.74, 6) is 1.64. The minimum absolute atomic E-state index is 0.715. The molecule has 0 radical (unpaired) electrons. The van der Waals surface area contributed by atoms with Crippen molar-refractivity contribution in [2.45, 2.75) is 59.4 Å². The molecule has 0 saturated heterocycles. The molecule has 0 aromatic rings. The molecule has 0 aliphatic heterocycles. The van der Waals surface area contributed by atoms with E-state index in [2.05, 4.69) is 40.1 Å². The fraction of sp³-hybridized carbons (Fsp3) is 1.00. The maximum absolute atomic E-state index is 3.39. The molecule has 13 heavy (non-hydrogen) atoms. The summed E-state index contributed by atoms with van der Waals surface area (Å²) < 4.78 is 0. The van der Waals surface area contributed by atoms with Gasteiger partial charge in [0.15, 0.2) is 0 Å². The zero-order valence-corrected chi connectivity index (χ0v) is 10.1. The maximum atomic E-state index is 3.39. The van der Waals surface area contributed by atoms with E-state index in [-0.39, 0.29) is 0 Å². The van der Waals surface area contributed by atoms with Crippen LogP contribution < -0.4 is 5.32 Å². The summed E-state index contributed by atoms with van der Waals surface area (Å²) in [5.41, 5.74) is 0. The van der Waals surface area contributed by atoms with Gasteiger partial charge in [-0.1, -0.05) is 47.0 Å². The van der Waals surface area contributed by atoms with Crippen LogP contribution in [0.4, 0.5) is 0 Å². The van der Waals surface area contributed by atoms with E-state index in [0.717, 1.165) is 11.8 Å². The van der Waals surface area contributed by atoms with E-state index >= 15 is 0 Å². The molecule has 0 rings (SSSR count). The first-order chi connectivity index (χ1) is 6.07. The maximum Gasteiger partial charge on any atom is 0.00870 e.